The van der Waals surface area contributed by atoms with E-state index < -0.39 is 0 Å². The zero-order chi connectivity index (χ0) is 13.2. The predicted octanol–water partition coefficient (Wildman–Crippen LogP) is 2.07. The number of ether oxygens (including phenoxy) is 1. The van der Waals surface area contributed by atoms with Crippen molar-refractivity contribution in [2.45, 2.75) is 18.9 Å². The summed E-state index contributed by atoms with van der Waals surface area (Å²) in [4.78, 5) is 2.38. The van der Waals surface area contributed by atoms with Gasteiger partial charge in [-0.1, -0.05) is 0 Å². The lowest BCUT2D eigenvalue weighted by Crippen LogP contribution is -2.43. The Hall–Kier alpha value is -1.73. The van der Waals surface area contributed by atoms with Gasteiger partial charge in [-0.2, -0.15) is 5.26 Å². The Morgan fingerprint density at radius 1 is 1.37 bits per heavy atom. The van der Waals surface area contributed by atoms with Crippen molar-refractivity contribution < 1.29 is 4.74 Å². The van der Waals surface area contributed by atoms with Crippen LogP contribution in [-0.4, -0.2) is 37.7 Å². The summed E-state index contributed by atoms with van der Waals surface area (Å²) in [5.41, 5.74) is 1.65. The van der Waals surface area contributed by atoms with E-state index in [4.69, 9.17) is 10.00 Å². The van der Waals surface area contributed by atoms with Crippen molar-refractivity contribution in [2.24, 2.45) is 5.92 Å². The van der Waals surface area contributed by atoms with Gasteiger partial charge in [0.2, 0.25) is 0 Å². The third-order valence-electron chi connectivity index (χ3n) is 4.20. The third kappa shape index (κ3) is 2.52. The summed E-state index contributed by atoms with van der Waals surface area (Å²) >= 11 is 0. The average molecular weight is 257 g/mol. The molecule has 0 bridgehead atoms. The Kier molecular flexibility index (Phi) is 3.31. The molecular weight excluding hydrogens is 238 g/mol. The molecule has 1 aromatic rings. The molecule has 2 aliphatic rings. The molecule has 0 aromatic heterocycles. The molecule has 19 heavy (non-hydrogen) atoms. The number of fused-ring (bicyclic) bond motifs is 1. The Bertz CT molecular complexity index is 501. The molecule has 3 rings (SSSR count). The second-order valence-electron chi connectivity index (χ2n) is 5.53. The standard InChI is InChI=1S/C15H19N3O/c1-18-6-4-12(5-7-18)14-10-19-15-3-2-11(9-16)8-13(15)17-14/h2-3,8,12,14,17H,4-7,10H2,1H3. The van der Waals surface area contributed by atoms with E-state index in [1.54, 1.807) is 6.07 Å². The summed E-state index contributed by atoms with van der Waals surface area (Å²) in [5, 5.41) is 12.5. The molecule has 1 saturated heterocycles. The van der Waals surface area contributed by atoms with Gasteiger partial charge in [-0.3, -0.25) is 0 Å². The molecule has 0 amide bonds. The number of likely N-dealkylation sites (tertiary alicyclic amines) is 1. The summed E-state index contributed by atoms with van der Waals surface area (Å²) in [6, 6.07) is 8.11. The highest BCUT2D eigenvalue weighted by atomic mass is 16.5. The van der Waals surface area contributed by atoms with Crippen LogP contribution in [0.15, 0.2) is 18.2 Å². The van der Waals surface area contributed by atoms with Crippen molar-refractivity contribution in [2.75, 3.05) is 32.1 Å². The molecule has 4 heteroatoms. The van der Waals surface area contributed by atoms with Crippen LogP contribution in [0.25, 0.3) is 0 Å². The maximum absolute atomic E-state index is 8.96. The van der Waals surface area contributed by atoms with E-state index >= 15 is 0 Å². The van der Waals surface area contributed by atoms with Gasteiger partial charge in [-0.15, -0.1) is 0 Å². The summed E-state index contributed by atoms with van der Waals surface area (Å²) in [6.07, 6.45) is 2.43. The molecule has 0 spiro atoms. The minimum Gasteiger partial charge on any atom is -0.489 e. The summed E-state index contributed by atoms with van der Waals surface area (Å²) in [6.45, 7) is 3.05. The fourth-order valence-electron chi connectivity index (χ4n) is 2.94. The van der Waals surface area contributed by atoms with E-state index in [0.29, 0.717) is 17.5 Å². The first kappa shape index (κ1) is 12.3. The van der Waals surface area contributed by atoms with Crippen LogP contribution in [-0.2, 0) is 0 Å². The fraction of sp³-hybridized carbons (Fsp3) is 0.533. The highest BCUT2D eigenvalue weighted by molar-refractivity contribution is 5.61. The Balaban J connectivity index is 1.73. The molecule has 100 valence electrons. The predicted molar refractivity (Wildman–Crippen MR) is 74.3 cm³/mol. The van der Waals surface area contributed by atoms with Gasteiger partial charge < -0.3 is 15.0 Å². The number of rotatable bonds is 1. The first-order valence-corrected chi connectivity index (χ1v) is 6.88. The van der Waals surface area contributed by atoms with Crippen LogP contribution in [0, 0.1) is 17.2 Å². The Morgan fingerprint density at radius 3 is 2.89 bits per heavy atom. The van der Waals surface area contributed by atoms with Gasteiger partial charge in [0.05, 0.1) is 23.4 Å². The lowest BCUT2D eigenvalue weighted by Gasteiger charge is -2.37. The molecule has 2 heterocycles. The quantitative estimate of drug-likeness (QED) is 0.836. The van der Waals surface area contributed by atoms with Crippen LogP contribution in [0.2, 0.25) is 0 Å². The van der Waals surface area contributed by atoms with Crippen LogP contribution in [0.1, 0.15) is 18.4 Å². The van der Waals surface area contributed by atoms with E-state index in [2.05, 4.69) is 23.3 Å². The second-order valence-corrected chi connectivity index (χ2v) is 5.53. The molecule has 2 aliphatic heterocycles. The first-order chi connectivity index (χ1) is 9.26. The smallest absolute Gasteiger partial charge is 0.142 e. The topological polar surface area (TPSA) is 48.3 Å². The van der Waals surface area contributed by atoms with E-state index in [1.165, 1.54) is 12.8 Å². The maximum atomic E-state index is 8.96. The summed E-state index contributed by atoms with van der Waals surface area (Å²) in [7, 11) is 2.18. The van der Waals surface area contributed by atoms with Crippen molar-refractivity contribution >= 4 is 5.69 Å². The zero-order valence-corrected chi connectivity index (χ0v) is 11.2. The zero-order valence-electron chi connectivity index (χ0n) is 11.2. The number of hydrogen-bond donors (Lipinski definition) is 1. The number of hydrogen-bond acceptors (Lipinski definition) is 4. The number of benzene rings is 1. The van der Waals surface area contributed by atoms with Crippen molar-refractivity contribution in [3.8, 4) is 11.8 Å². The lowest BCUT2D eigenvalue weighted by atomic mass is 9.89. The molecular formula is C15H19N3O. The van der Waals surface area contributed by atoms with Gasteiger partial charge >= 0.3 is 0 Å². The third-order valence-corrected chi connectivity index (χ3v) is 4.20. The van der Waals surface area contributed by atoms with Gasteiger partial charge in [-0.25, -0.2) is 0 Å². The Labute approximate surface area is 114 Å². The molecule has 1 N–H and O–H groups in total. The van der Waals surface area contributed by atoms with Crippen LogP contribution >= 0.6 is 0 Å². The van der Waals surface area contributed by atoms with E-state index in [-0.39, 0.29) is 0 Å². The minimum absolute atomic E-state index is 0.371. The lowest BCUT2D eigenvalue weighted by molar-refractivity contribution is 0.168. The van der Waals surface area contributed by atoms with E-state index in [0.717, 1.165) is 31.1 Å². The second kappa shape index (κ2) is 5.10. The van der Waals surface area contributed by atoms with Crippen LogP contribution in [0.5, 0.6) is 5.75 Å². The molecule has 0 radical (unpaired) electrons. The number of nitrogens with one attached hydrogen (secondary N) is 1. The highest BCUT2D eigenvalue weighted by Crippen LogP contribution is 2.33. The van der Waals surface area contributed by atoms with Gasteiger partial charge in [0.15, 0.2) is 0 Å². The van der Waals surface area contributed by atoms with Crippen LogP contribution < -0.4 is 10.1 Å². The van der Waals surface area contributed by atoms with Crippen LogP contribution in [0.4, 0.5) is 5.69 Å². The monoisotopic (exact) mass is 257 g/mol. The van der Waals surface area contributed by atoms with Crippen molar-refractivity contribution in [1.29, 1.82) is 5.26 Å². The largest absolute Gasteiger partial charge is 0.489 e. The Morgan fingerprint density at radius 2 is 2.16 bits per heavy atom. The summed E-state index contributed by atoms with van der Waals surface area (Å²) in [5.74, 6) is 1.53. The summed E-state index contributed by atoms with van der Waals surface area (Å²) < 4.78 is 5.83. The van der Waals surface area contributed by atoms with Crippen molar-refractivity contribution in [3.63, 3.8) is 0 Å². The molecule has 1 aromatic carbocycles. The number of nitriles is 1. The molecule has 4 nitrogen and oxygen atoms in total. The average Bonchev–Trinajstić information content (AvgIpc) is 2.47. The molecule has 0 aliphatic carbocycles. The molecule has 1 fully saturated rings. The van der Waals surface area contributed by atoms with Crippen LogP contribution in [0.3, 0.4) is 0 Å². The normalized spacial score (nSPS) is 23.9. The number of piperidine rings is 1. The number of nitrogens with zero attached hydrogens (tertiary/aromatic N) is 2. The number of anilines is 1. The van der Waals surface area contributed by atoms with Gasteiger partial charge in [0.25, 0.3) is 0 Å². The van der Waals surface area contributed by atoms with Gasteiger partial charge in [0.1, 0.15) is 12.4 Å². The molecule has 0 saturated carbocycles. The fourth-order valence-corrected chi connectivity index (χ4v) is 2.94. The maximum Gasteiger partial charge on any atom is 0.142 e. The van der Waals surface area contributed by atoms with E-state index in [9.17, 15) is 0 Å². The first-order valence-electron chi connectivity index (χ1n) is 6.88. The molecule has 1 atom stereocenters. The SMILES string of the molecule is CN1CCC(C2COc3ccc(C#N)cc3N2)CC1. The van der Waals surface area contributed by atoms with Crippen molar-refractivity contribution in [1.82, 2.24) is 4.90 Å². The van der Waals surface area contributed by atoms with Gasteiger partial charge in [0, 0.05) is 0 Å². The minimum atomic E-state index is 0.371. The van der Waals surface area contributed by atoms with E-state index in [1.807, 2.05) is 12.1 Å². The van der Waals surface area contributed by atoms with Gasteiger partial charge in [-0.05, 0) is 57.1 Å². The van der Waals surface area contributed by atoms with Crippen molar-refractivity contribution in [3.05, 3.63) is 23.8 Å². The molecule has 1 unspecified atom stereocenters. The highest BCUT2D eigenvalue weighted by Gasteiger charge is 2.29.